The summed E-state index contributed by atoms with van der Waals surface area (Å²) in [5, 5.41) is 15.7. The second-order valence-corrected chi connectivity index (χ2v) is 9.68. The number of benzene rings is 3. The van der Waals surface area contributed by atoms with Gasteiger partial charge >= 0.3 is 7.82 Å². The second-order valence-electron chi connectivity index (χ2n) is 8.17. The number of ketones is 2. The summed E-state index contributed by atoms with van der Waals surface area (Å²) in [4.78, 5) is 36.4. The molecule has 37 heavy (non-hydrogen) atoms. The van der Waals surface area contributed by atoms with E-state index in [0.29, 0.717) is 22.5 Å². The summed E-state index contributed by atoms with van der Waals surface area (Å²) in [7, 11) is -3.24. The molecule has 194 valence electrons. The first-order valence-corrected chi connectivity index (χ1v) is 13.0. The van der Waals surface area contributed by atoms with E-state index in [4.69, 9.17) is 9.26 Å². The van der Waals surface area contributed by atoms with E-state index in [1.165, 1.54) is 0 Å². The van der Waals surface area contributed by atoms with Gasteiger partial charge in [-0.05, 0) is 24.3 Å². The summed E-state index contributed by atoms with van der Waals surface area (Å²) in [5.74, 6) is -0.518. The predicted octanol–water partition coefficient (Wildman–Crippen LogP) is 3.76. The lowest BCUT2D eigenvalue weighted by Gasteiger charge is -2.24. The van der Waals surface area contributed by atoms with Crippen LogP contribution in [0.3, 0.4) is 0 Å². The fourth-order valence-corrected chi connectivity index (χ4v) is 4.56. The number of phosphoric acid groups is 1. The van der Waals surface area contributed by atoms with Crippen molar-refractivity contribution >= 4 is 36.5 Å². The lowest BCUT2D eigenvalue weighted by molar-refractivity contribution is 0.00497. The third kappa shape index (κ3) is 6.14. The van der Waals surface area contributed by atoms with E-state index >= 15 is 0 Å². The molecule has 0 heterocycles. The van der Waals surface area contributed by atoms with Gasteiger partial charge in [0.1, 0.15) is 6.10 Å². The average Bonchev–Trinajstić information content (AvgIpc) is 2.91. The Morgan fingerprint density at radius 1 is 0.892 bits per heavy atom. The molecule has 0 spiro atoms. The SMILES string of the molecule is COP(=O)(O)OC(CO)COCCNc1ccc(Nc2ccccc2)c2c1C(=O)c1ccccc1C2=O. The van der Waals surface area contributed by atoms with Crippen LogP contribution in [0.15, 0.2) is 66.7 Å². The lowest BCUT2D eigenvalue weighted by Crippen LogP contribution is -2.26. The van der Waals surface area contributed by atoms with Gasteiger partial charge in [0, 0.05) is 36.2 Å². The molecule has 11 heteroatoms. The third-order valence-corrected chi connectivity index (χ3v) is 6.74. The number of rotatable bonds is 12. The number of hydrogen-bond acceptors (Lipinski definition) is 9. The number of aliphatic hydroxyl groups is 1. The zero-order valence-corrected chi connectivity index (χ0v) is 20.9. The average molecular weight is 526 g/mol. The molecule has 1 aliphatic rings. The third-order valence-electron chi connectivity index (χ3n) is 5.71. The lowest BCUT2D eigenvalue weighted by atomic mass is 9.82. The molecule has 0 amide bonds. The number of anilines is 3. The van der Waals surface area contributed by atoms with Gasteiger partial charge in [0.15, 0.2) is 11.6 Å². The number of hydrogen-bond donors (Lipinski definition) is 4. The number of nitrogens with one attached hydrogen (secondary N) is 2. The Bertz CT molecular complexity index is 1330. The zero-order valence-electron chi connectivity index (χ0n) is 20.0. The van der Waals surface area contributed by atoms with Gasteiger partial charge in [0.05, 0.1) is 36.6 Å². The van der Waals surface area contributed by atoms with Gasteiger partial charge in [-0.2, -0.15) is 0 Å². The van der Waals surface area contributed by atoms with Crippen molar-refractivity contribution in [2.75, 3.05) is 44.1 Å². The molecule has 0 saturated heterocycles. The van der Waals surface area contributed by atoms with Crippen molar-refractivity contribution in [2.45, 2.75) is 6.10 Å². The number of aliphatic hydroxyl groups excluding tert-OH is 1. The van der Waals surface area contributed by atoms with E-state index in [0.717, 1.165) is 12.8 Å². The summed E-state index contributed by atoms with van der Waals surface area (Å²) >= 11 is 0. The number of carbonyl (C=O) groups is 2. The van der Waals surface area contributed by atoms with Crippen LogP contribution in [0.4, 0.5) is 17.1 Å². The van der Waals surface area contributed by atoms with E-state index in [9.17, 15) is 24.2 Å². The Balaban J connectivity index is 1.52. The monoisotopic (exact) mass is 526 g/mol. The summed E-state index contributed by atoms with van der Waals surface area (Å²) < 4.78 is 26.1. The fraction of sp³-hybridized carbons (Fsp3) is 0.231. The van der Waals surface area contributed by atoms with Crippen LogP contribution in [0, 0.1) is 0 Å². The molecule has 0 radical (unpaired) electrons. The van der Waals surface area contributed by atoms with Gasteiger partial charge in [-0.3, -0.25) is 18.6 Å². The molecule has 3 aromatic carbocycles. The van der Waals surface area contributed by atoms with Crippen LogP contribution in [-0.4, -0.2) is 61.1 Å². The maximum atomic E-state index is 13.5. The predicted molar refractivity (Wildman–Crippen MR) is 138 cm³/mol. The summed E-state index contributed by atoms with van der Waals surface area (Å²) in [5.41, 5.74) is 3.01. The van der Waals surface area contributed by atoms with Crippen LogP contribution in [-0.2, 0) is 18.3 Å². The minimum absolute atomic E-state index is 0.125. The minimum atomic E-state index is -4.26. The highest BCUT2D eigenvalue weighted by atomic mass is 31.2. The van der Waals surface area contributed by atoms with E-state index < -0.39 is 20.5 Å². The van der Waals surface area contributed by atoms with Crippen molar-refractivity contribution < 1.29 is 37.9 Å². The Hall–Kier alpha value is -3.37. The Morgan fingerprint density at radius 2 is 1.49 bits per heavy atom. The fourth-order valence-electron chi connectivity index (χ4n) is 3.97. The highest BCUT2D eigenvalue weighted by Crippen LogP contribution is 2.43. The van der Waals surface area contributed by atoms with Gasteiger partial charge in [-0.15, -0.1) is 0 Å². The number of carbonyl (C=O) groups excluding carboxylic acids is 2. The maximum absolute atomic E-state index is 13.5. The molecule has 0 fully saturated rings. The highest BCUT2D eigenvalue weighted by molar-refractivity contribution is 7.47. The van der Waals surface area contributed by atoms with Crippen LogP contribution >= 0.6 is 7.82 Å². The molecule has 10 nitrogen and oxygen atoms in total. The summed E-state index contributed by atoms with van der Waals surface area (Å²) in [6, 6.07) is 19.6. The molecular formula is C26H27N2O8P. The van der Waals surface area contributed by atoms with Gasteiger partial charge in [0.2, 0.25) is 0 Å². The van der Waals surface area contributed by atoms with Gasteiger partial charge in [0.25, 0.3) is 0 Å². The van der Waals surface area contributed by atoms with Crippen molar-refractivity contribution in [3.05, 3.63) is 89.0 Å². The molecule has 0 aromatic heterocycles. The Kier molecular flexibility index (Phi) is 8.50. The molecule has 1 aliphatic carbocycles. The van der Waals surface area contributed by atoms with E-state index in [2.05, 4.69) is 15.2 Å². The molecule has 0 aliphatic heterocycles. The number of phosphoric ester groups is 1. The van der Waals surface area contributed by atoms with Crippen molar-refractivity contribution in [3.63, 3.8) is 0 Å². The Morgan fingerprint density at radius 3 is 2.11 bits per heavy atom. The first-order chi connectivity index (χ1) is 17.8. The number of fused-ring (bicyclic) bond motifs is 2. The topological polar surface area (TPSA) is 143 Å². The second kappa shape index (κ2) is 11.8. The first kappa shape index (κ1) is 26.7. The van der Waals surface area contributed by atoms with Gasteiger partial charge in [-0.1, -0.05) is 42.5 Å². The van der Waals surface area contributed by atoms with Crippen LogP contribution in [0.5, 0.6) is 0 Å². The van der Waals surface area contributed by atoms with Crippen LogP contribution < -0.4 is 10.6 Å². The number of ether oxygens (including phenoxy) is 1. The molecule has 0 bridgehead atoms. The van der Waals surface area contributed by atoms with E-state index in [-0.39, 0.29) is 42.5 Å². The van der Waals surface area contributed by atoms with Crippen LogP contribution in [0.1, 0.15) is 31.8 Å². The molecule has 2 atom stereocenters. The van der Waals surface area contributed by atoms with Gasteiger partial charge in [-0.25, -0.2) is 4.57 Å². The molecule has 4 rings (SSSR count). The number of para-hydroxylation sites is 1. The standard InChI is InChI=1S/C26H27N2O8P/c1-34-37(32,33)36-18(15-29)16-35-14-13-27-21-11-12-22(28-17-7-3-2-4-8-17)24-23(21)25(30)19-9-5-6-10-20(19)26(24)31/h2-12,18,27-29H,13-16H2,1H3,(H,32,33). The Labute approximate surface area is 213 Å². The molecule has 3 aromatic rings. The van der Waals surface area contributed by atoms with Crippen molar-refractivity contribution in [1.82, 2.24) is 0 Å². The van der Waals surface area contributed by atoms with Crippen molar-refractivity contribution in [1.29, 1.82) is 0 Å². The first-order valence-electron chi connectivity index (χ1n) is 11.5. The molecule has 4 N–H and O–H groups in total. The zero-order chi connectivity index (χ0) is 26.4. The minimum Gasteiger partial charge on any atom is -0.394 e. The normalized spacial score (nSPS) is 14.9. The maximum Gasteiger partial charge on any atom is 0.472 e. The largest absolute Gasteiger partial charge is 0.472 e. The molecular weight excluding hydrogens is 499 g/mol. The van der Waals surface area contributed by atoms with Crippen LogP contribution in [0.25, 0.3) is 0 Å². The highest BCUT2D eigenvalue weighted by Gasteiger charge is 2.34. The van der Waals surface area contributed by atoms with Crippen molar-refractivity contribution in [3.8, 4) is 0 Å². The summed E-state index contributed by atoms with van der Waals surface area (Å²) in [6.07, 6.45) is -1.05. The molecule has 2 unspecified atom stereocenters. The van der Waals surface area contributed by atoms with E-state index in [1.807, 2.05) is 30.3 Å². The van der Waals surface area contributed by atoms with Crippen molar-refractivity contribution in [2.24, 2.45) is 0 Å². The summed E-state index contributed by atoms with van der Waals surface area (Å²) in [6.45, 7) is -0.323. The molecule has 0 saturated carbocycles. The smallest absolute Gasteiger partial charge is 0.394 e. The quantitative estimate of drug-likeness (QED) is 0.159. The van der Waals surface area contributed by atoms with Gasteiger partial charge < -0.3 is 25.4 Å². The van der Waals surface area contributed by atoms with E-state index in [1.54, 1.807) is 36.4 Å². The van der Waals surface area contributed by atoms with Crippen LogP contribution in [0.2, 0.25) is 0 Å².